The number of hydrogen-bond donors (Lipinski definition) is 0. The lowest BCUT2D eigenvalue weighted by Crippen LogP contribution is -2.62. The Balaban J connectivity index is 1.46. The number of carbonyl (C=O) groups excluding carboxylic acids is 4. The Morgan fingerprint density at radius 3 is 2.06 bits per heavy atom. The molecule has 4 aliphatic carbocycles. The van der Waals surface area contributed by atoms with Crippen LogP contribution in [0.1, 0.15) is 82.5 Å². The van der Waals surface area contributed by atoms with E-state index in [1.165, 1.54) is 31.3 Å². The van der Waals surface area contributed by atoms with Crippen molar-refractivity contribution in [2.75, 3.05) is 12.0 Å². The van der Waals surface area contributed by atoms with E-state index < -0.39 is 17.6 Å². The average molecular weight is 481 g/mol. The highest BCUT2D eigenvalue weighted by molar-refractivity contribution is 6.23. The van der Waals surface area contributed by atoms with Crippen LogP contribution in [-0.4, -0.2) is 47.3 Å². The largest absolute Gasteiger partial charge is 0.465 e. The summed E-state index contributed by atoms with van der Waals surface area (Å²) in [4.78, 5) is 56.1. The van der Waals surface area contributed by atoms with Crippen molar-refractivity contribution < 1.29 is 23.9 Å². The van der Waals surface area contributed by atoms with Crippen LogP contribution in [-0.2, 0) is 19.1 Å². The predicted octanol–water partition coefficient (Wildman–Crippen LogP) is 4.34. The molecule has 0 aromatic heterocycles. The molecule has 5 fully saturated rings. The van der Waals surface area contributed by atoms with Gasteiger partial charge in [0.1, 0.15) is 6.04 Å². The minimum absolute atomic E-state index is 0.0148. The van der Waals surface area contributed by atoms with E-state index in [0.717, 1.165) is 19.3 Å². The summed E-state index contributed by atoms with van der Waals surface area (Å²) in [5.41, 5.74) is -0.185. The lowest BCUT2D eigenvalue weighted by Gasteiger charge is -2.58. The highest BCUT2D eigenvalue weighted by Gasteiger charge is 2.59. The number of anilines is 1. The lowest BCUT2D eigenvalue weighted by atomic mass is 9.49. The first-order valence-corrected chi connectivity index (χ1v) is 13.0. The second-order valence-corrected chi connectivity index (χ2v) is 11.9. The van der Waals surface area contributed by atoms with E-state index in [9.17, 15) is 19.2 Å². The molecule has 1 aromatic rings. The summed E-state index contributed by atoms with van der Waals surface area (Å²) in [6.45, 7) is 6.05. The molecule has 1 atom stereocenters. The van der Waals surface area contributed by atoms with Crippen LogP contribution in [0.15, 0.2) is 24.3 Å². The van der Waals surface area contributed by atoms with Crippen LogP contribution in [0.3, 0.4) is 0 Å². The van der Waals surface area contributed by atoms with Crippen molar-refractivity contribution in [1.82, 2.24) is 4.90 Å². The summed E-state index contributed by atoms with van der Waals surface area (Å²) in [5.74, 6) is 0.761. The van der Waals surface area contributed by atoms with Crippen molar-refractivity contribution >= 4 is 29.4 Å². The maximum atomic E-state index is 14.4. The molecule has 1 heterocycles. The number of esters is 1. The highest BCUT2D eigenvalue weighted by atomic mass is 16.5. The van der Waals surface area contributed by atoms with E-state index >= 15 is 0 Å². The standard InChI is InChI=1S/C28H36N2O5/c1-5-27(2,3)30(26(34)28-14-17-10-18(15-28)12-19(11-17)16-28)22-13-23(31)29(24(22)32)21-8-6-20(7-9-21)25(33)35-4/h6-9,17-19,22H,5,10-16H2,1-4H3. The molecule has 188 valence electrons. The average Bonchev–Trinajstić information content (AvgIpc) is 3.11. The number of rotatable bonds is 6. The quantitative estimate of drug-likeness (QED) is 0.447. The summed E-state index contributed by atoms with van der Waals surface area (Å²) in [6, 6.07) is 5.45. The second-order valence-electron chi connectivity index (χ2n) is 11.9. The summed E-state index contributed by atoms with van der Waals surface area (Å²) in [5, 5.41) is 0. The molecule has 6 rings (SSSR count). The third-order valence-corrected chi connectivity index (χ3v) is 9.21. The predicted molar refractivity (Wildman–Crippen MR) is 131 cm³/mol. The van der Waals surface area contributed by atoms with Crippen LogP contribution in [0, 0.1) is 23.2 Å². The third-order valence-electron chi connectivity index (χ3n) is 9.21. The van der Waals surface area contributed by atoms with E-state index in [4.69, 9.17) is 4.74 Å². The zero-order valence-corrected chi connectivity index (χ0v) is 21.2. The van der Waals surface area contributed by atoms with E-state index in [2.05, 4.69) is 0 Å². The Morgan fingerprint density at radius 2 is 1.57 bits per heavy atom. The van der Waals surface area contributed by atoms with E-state index in [1.807, 2.05) is 20.8 Å². The van der Waals surface area contributed by atoms with E-state index in [0.29, 0.717) is 35.4 Å². The van der Waals surface area contributed by atoms with Crippen molar-refractivity contribution in [3.05, 3.63) is 29.8 Å². The number of imide groups is 1. The molecular formula is C28H36N2O5. The van der Waals surface area contributed by atoms with Gasteiger partial charge in [0.25, 0.3) is 5.91 Å². The van der Waals surface area contributed by atoms with Crippen LogP contribution in [0.4, 0.5) is 5.69 Å². The minimum Gasteiger partial charge on any atom is -0.465 e. The van der Waals surface area contributed by atoms with Gasteiger partial charge in [-0.15, -0.1) is 0 Å². The number of amides is 3. The van der Waals surface area contributed by atoms with Crippen molar-refractivity contribution in [2.24, 2.45) is 23.2 Å². The zero-order valence-electron chi connectivity index (χ0n) is 21.2. The normalized spacial score (nSPS) is 31.7. The van der Waals surface area contributed by atoms with Gasteiger partial charge in [-0.3, -0.25) is 14.4 Å². The number of ether oxygens (including phenoxy) is 1. The fourth-order valence-corrected chi connectivity index (χ4v) is 7.59. The third kappa shape index (κ3) is 3.87. The van der Waals surface area contributed by atoms with Gasteiger partial charge >= 0.3 is 5.97 Å². The van der Waals surface area contributed by atoms with E-state index in [1.54, 1.807) is 29.2 Å². The molecule has 4 saturated carbocycles. The molecule has 7 heteroatoms. The van der Waals surface area contributed by atoms with Gasteiger partial charge in [0.15, 0.2) is 0 Å². The summed E-state index contributed by atoms with van der Waals surface area (Å²) in [6.07, 6.45) is 7.14. The van der Waals surface area contributed by atoms with Gasteiger partial charge in [0.05, 0.1) is 30.2 Å². The van der Waals surface area contributed by atoms with Crippen LogP contribution in [0.25, 0.3) is 0 Å². The van der Waals surface area contributed by atoms with Crippen molar-refractivity contribution in [3.8, 4) is 0 Å². The molecule has 3 amide bonds. The van der Waals surface area contributed by atoms with Crippen molar-refractivity contribution in [1.29, 1.82) is 0 Å². The van der Waals surface area contributed by atoms with Gasteiger partial charge in [0, 0.05) is 5.54 Å². The van der Waals surface area contributed by atoms with E-state index in [-0.39, 0.29) is 29.6 Å². The number of methoxy groups -OCH3 is 1. The number of benzene rings is 1. The van der Waals surface area contributed by atoms with Gasteiger partial charge in [-0.2, -0.15) is 0 Å². The highest BCUT2D eigenvalue weighted by Crippen LogP contribution is 2.61. The lowest BCUT2D eigenvalue weighted by molar-refractivity contribution is -0.168. The smallest absolute Gasteiger partial charge is 0.337 e. The maximum Gasteiger partial charge on any atom is 0.337 e. The minimum atomic E-state index is -0.807. The molecule has 35 heavy (non-hydrogen) atoms. The first-order valence-electron chi connectivity index (χ1n) is 13.0. The first-order chi connectivity index (χ1) is 16.6. The topological polar surface area (TPSA) is 84.0 Å². The number of carbonyl (C=O) groups is 4. The fraction of sp³-hybridized carbons (Fsp3) is 0.643. The molecule has 0 N–H and O–H groups in total. The molecule has 4 bridgehead atoms. The van der Waals surface area contributed by atoms with Crippen LogP contribution in [0.2, 0.25) is 0 Å². The molecule has 7 nitrogen and oxygen atoms in total. The molecule has 5 aliphatic rings. The van der Waals surface area contributed by atoms with Crippen molar-refractivity contribution in [2.45, 2.75) is 83.7 Å². The van der Waals surface area contributed by atoms with Gasteiger partial charge < -0.3 is 9.64 Å². The monoisotopic (exact) mass is 480 g/mol. The van der Waals surface area contributed by atoms with Gasteiger partial charge in [0.2, 0.25) is 11.8 Å². The first kappa shape index (κ1) is 24.0. The van der Waals surface area contributed by atoms with Crippen LogP contribution >= 0.6 is 0 Å². The van der Waals surface area contributed by atoms with Crippen molar-refractivity contribution in [3.63, 3.8) is 0 Å². The molecule has 1 aromatic carbocycles. The molecular weight excluding hydrogens is 444 g/mol. The molecule has 0 spiro atoms. The summed E-state index contributed by atoms with van der Waals surface area (Å²) < 4.78 is 4.74. The van der Waals surface area contributed by atoms with Crippen LogP contribution in [0.5, 0.6) is 0 Å². The molecule has 1 saturated heterocycles. The molecule has 1 aliphatic heterocycles. The second kappa shape index (κ2) is 8.45. The number of nitrogens with zero attached hydrogens (tertiary/aromatic N) is 2. The maximum absolute atomic E-state index is 14.4. The zero-order chi connectivity index (χ0) is 25.1. The molecule has 0 radical (unpaired) electrons. The SMILES string of the molecule is CCC(C)(C)N(C(=O)C12CC3CC(CC(C3)C1)C2)C1CC(=O)N(c2ccc(C(=O)OC)cc2)C1=O. The Morgan fingerprint density at radius 1 is 1.03 bits per heavy atom. The number of hydrogen-bond acceptors (Lipinski definition) is 5. The van der Waals surface area contributed by atoms with Crippen LogP contribution < -0.4 is 4.90 Å². The van der Waals surface area contributed by atoms with Gasteiger partial charge in [-0.05, 0) is 101 Å². The Kier molecular flexibility index (Phi) is 5.80. The Labute approximate surface area is 207 Å². The molecule has 1 unspecified atom stereocenters. The van der Waals surface area contributed by atoms with Gasteiger partial charge in [-0.25, -0.2) is 9.69 Å². The van der Waals surface area contributed by atoms with Gasteiger partial charge in [-0.1, -0.05) is 6.92 Å². The Bertz CT molecular complexity index is 1020. The summed E-state index contributed by atoms with van der Waals surface area (Å²) in [7, 11) is 1.30. The fourth-order valence-electron chi connectivity index (χ4n) is 7.59. The summed E-state index contributed by atoms with van der Waals surface area (Å²) >= 11 is 0. The Hall–Kier alpha value is -2.70.